The SMILES string of the molecule is CCOc1nc(C(F)(F)F)cc(C)c1C(=O)NCC1(CC2CC2)CCC(S(=O)(=O)CC2CC2)CC1. The quantitative estimate of drug-likeness (QED) is 0.468. The van der Waals surface area contributed by atoms with Crippen LogP contribution < -0.4 is 10.1 Å². The van der Waals surface area contributed by atoms with Crippen molar-refractivity contribution < 1.29 is 31.1 Å². The zero-order chi connectivity index (χ0) is 25.4. The lowest BCUT2D eigenvalue weighted by Gasteiger charge is -2.40. The number of carbonyl (C=O) groups is 1. The predicted molar refractivity (Wildman–Crippen MR) is 126 cm³/mol. The smallest absolute Gasteiger partial charge is 0.433 e. The number of sulfone groups is 1. The van der Waals surface area contributed by atoms with Gasteiger partial charge in [-0.3, -0.25) is 4.79 Å². The number of amides is 1. The number of pyridine rings is 1. The van der Waals surface area contributed by atoms with Gasteiger partial charge in [-0.1, -0.05) is 12.8 Å². The van der Waals surface area contributed by atoms with Gasteiger partial charge in [-0.15, -0.1) is 0 Å². The minimum Gasteiger partial charge on any atom is -0.477 e. The molecule has 3 fully saturated rings. The normalized spacial score (nSPS) is 25.3. The van der Waals surface area contributed by atoms with E-state index in [1.54, 1.807) is 6.92 Å². The largest absolute Gasteiger partial charge is 0.477 e. The summed E-state index contributed by atoms with van der Waals surface area (Å²) in [5.74, 6) is 0.400. The van der Waals surface area contributed by atoms with E-state index in [2.05, 4.69) is 10.3 Å². The van der Waals surface area contributed by atoms with Crippen LogP contribution in [0.25, 0.3) is 0 Å². The Balaban J connectivity index is 1.47. The van der Waals surface area contributed by atoms with Gasteiger partial charge in [0.15, 0.2) is 9.84 Å². The molecule has 0 bridgehead atoms. The molecule has 0 atom stereocenters. The van der Waals surface area contributed by atoms with E-state index in [9.17, 15) is 26.4 Å². The number of rotatable bonds is 10. The summed E-state index contributed by atoms with van der Waals surface area (Å²) >= 11 is 0. The number of nitrogens with one attached hydrogen (secondary N) is 1. The highest BCUT2D eigenvalue weighted by atomic mass is 32.2. The summed E-state index contributed by atoms with van der Waals surface area (Å²) in [6.45, 7) is 3.52. The summed E-state index contributed by atoms with van der Waals surface area (Å²) < 4.78 is 70.6. The van der Waals surface area contributed by atoms with E-state index in [1.165, 1.54) is 6.92 Å². The summed E-state index contributed by atoms with van der Waals surface area (Å²) in [4.78, 5) is 16.7. The van der Waals surface area contributed by atoms with Gasteiger partial charge in [0.2, 0.25) is 5.88 Å². The second kappa shape index (κ2) is 9.90. The highest BCUT2D eigenvalue weighted by Gasteiger charge is 2.44. The first-order valence-electron chi connectivity index (χ1n) is 12.6. The summed E-state index contributed by atoms with van der Waals surface area (Å²) in [5, 5.41) is 2.64. The van der Waals surface area contributed by atoms with Gasteiger partial charge in [0.25, 0.3) is 5.91 Å². The number of alkyl halides is 3. The minimum absolute atomic E-state index is 0.0159. The molecule has 4 rings (SSSR count). The first kappa shape index (κ1) is 26.2. The van der Waals surface area contributed by atoms with Gasteiger partial charge in [-0.05, 0) is 87.7 Å². The van der Waals surface area contributed by atoms with E-state index >= 15 is 0 Å². The molecular formula is C25H35F3N2O4S. The molecular weight excluding hydrogens is 481 g/mol. The highest BCUT2D eigenvalue weighted by molar-refractivity contribution is 7.92. The average Bonchev–Trinajstić information content (AvgIpc) is 3.70. The molecule has 1 amide bonds. The Morgan fingerprint density at radius 3 is 2.31 bits per heavy atom. The van der Waals surface area contributed by atoms with Crippen LogP contribution >= 0.6 is 0 Å². The van der Waals surface area contributed by atoms with Crippen LogP contribution in [0.2, 0.25) is 0 Å². The third-order valence-corrected chi connectivity index (χ3v) is 10.1. The van der Waals surface area contributed by atoms with Gasteiger partial charge in [0.1, 0.15) is 11.3 Å². The maximum absolute atomic E-state index is 13.2. The van der Waals surface area contributed by atoms with E-state index < -0.39 is 27.6 Å². The number of aryl methyl sites for hydroxylation is 1. The molecule has 35 heavy (non-hydrogen) atoms. The lowest BCUT2D eigenvalue weighted by molar-refractivity contribution is -0.141. The summed E-state index contributed by atoms with van der Waals surface area (Å²) in [5.41, 5.74) is -1.12. The number of aromatic nitrogens is 1. The van der Waals surface area contributed by atoms with Crippen LogP contribution in [-0.2, 0) is 16.0 Å². The minimum atomic E-state index is -4.64. The van der Waals surface area contributed by atoms with E-state index in [-0.39, 0.29) is 34.3 Å². The van der Waals surface area contributed by atoms with Crippen molar-refractivity contribution in [1.82, 2.24) is 10.3 Å². The second-order valence-electron chi connectivity index (χ2n) is 10.7. The van der Waals surface area contributed by atoms with E-state index in [0.717, 1.165) is 51.0 Å². The molecule has 10 heteroatoms. The maximum Gasteiger partial charge on any atom is 0.433 e. The van der Waals surface area contributed by atoms with Crippen LogP contribution in [0, 0.1) is 24.2 Å². The Morgan fingerprint density at radius 1 is 1.14 bits per heavy atom. The number of ether oxygens (including phenoxy) is 1. The fourth-order valence-electron chi connectivity index (χ4n) is 5.36. The number of hydrogen-bond acceptors (Lipinski definition) is 5. The van der Waals surface area contributed by atoms with Crippen molar-refractivity contribution in [3.63, 3.8) is 0 Å². The molecule has 196 valence electrons. The molecule has 1 aromatic heterocycles. The number of hydrogen-bond donors (Lipinski definition) is 1. The first-order valence-corrected chi connectivity index (χ1v) is 14.4. The third-order valence-electron chi connectivity index (χ3n) is 7.69. The fourth-order valence-corrected chi connectivity index (χ4v) is 7.58. The maximum atomic E-state index is 13.2. The topological polar surface area (TPSA) is 85.4 Å². The molecule has 1 heterocycles. The van der Waals surface area contributed by atoms with Crippen LogP contribution in [0.1, 0.15) is 86.3 Å². The zero-order valence-corrected chi connectivity index (χ0v) is 21.2. The predicted octanol–water partition coefficient (Wildman–Crippen LogP) is 5.09. The van der Waals surface area contributed by atoms with Crippen molar-refractivity contribution in [3.05, 3.63) is 22.9 Å². The van der Waals surface area contributed by atoms with Crippen LogP contribution in [0.3, 0.4) is 0 Å². The van der Waals surface area contributed by atoms with Crippen molar-refractivity contribution in [2.75, 3.05) is 18.9 Å². The lowest BCUT2D eigenvalue weighted by atomic mass is 9.70. The van der Waals surface area contributed by atoms with Gasteiger partial charge in [-0.2, -0.15) is 13.2 Å². The van der Waals surface area contributed by atoms with Crippen molar-refractivity contribution in [2.45, 2.75) is 83.1 Å². The van der Waals surface area contributed by atoms with Gasteiger partial charge in [0, 0.05) is 6.54 Å². The summed E-state index contributed by atoms with van der Waals surface area (Å²) in [7, 11) is -3.10. The van der Waals surface area contributed by atoms with Crippen molar-refractivity contribution >= 4 is 15.7 Å². The Labute approximate surface area is 205 Å². The Bertz CT molecular complexity index is 1040. The molecule has 1 N–H and O–H groups in total. The highest BCUT2D eigenvalue weighted by Crippen LogP contribution is 2.49. The molecule has 0 unspecified atom stereocenters. The van der Waals surface area contributed by atoms with Crippen LogP contribution in [0.4, 0.5) is 13.2 Å². The van der Waals surface area contributed by atoms with Crippen molar-refractivity contribution in [1.29, 1.82) is 0 Å². The van der Waals surface area contributed by atoms with Crippen LogP contribution in [0.15, 0.2) is 6.07 Å². The van der Waals surface area contributed by atoms with Crippen LogP contribution in [-0.4, -0.2) is 43.5 Å². The van der Waals surface area contributed by atoms with Crippen molar-refractivity contribution in [3.8, 4) is 5.88 Å². The summed E-state index contributed by atoms with van der Waals surface area (Å²) in [6.07, 6.45) is 3.25. The standard InChI is InChI=1S/C25H35F3N2O4S/c1-3-34-23-21(16(2)12-20(30-23)25(26,27)28)22(31)29-15-24(13-17-4-5-17)10-8-19(9-11-24)35(32,33)14-18-6-7-18/h12,17-19H,3-11,13-15H2,1-2H3,(H,29,31). The molecule has 0 aromatic carbocycles. The molecule has 3 aliphatic carbocycles. The zero-order valence-electron chi connectivity index (χ0n) is 20.4. The second-order valence-corrected chi connectivity index (χ2v) is 13.1. The van der Waals surface area contributed by atoms with Gasteiger partial charge in [-0.25, -0.2) is 13.4 Å². The monoisotopic (exact) mass is 516 g/mol. The molecule has 0 radical (unpaired) electrons. The van der Waals surface area contributed by atoms with E-state index in [0.29, 0.717) is 37.0 Å². The summed E-state index contributed by atoms with van der Waals surface area (Å²) in [6, 6.07) is 0.868. The number of carbonyl (C=O) groups excluding carboxylic acids is 1. The molecule has 6 nitrogen and oxygen atoms in total. The van der Waals surface area contributed by atoms with Crippen LogP contribution in [0.5, 0.6) is 5.88 Å². The van der Waals surface area contributed by atoms with E-state index in [4.69, 9.17) is 4.74 Å². The van der Waals surface area contributed by atoms with Gasteiger partial charge in [0.05, 0.1) is 17.6 Å². The fraction of sp³-hybridized carbons (Fsp3) is 0.760. The lowest BCUT2D eigenvalue weighted by Crippen LogP contribution is -2.43. The van der Waals surface area contributed by atoms with Crippen molar-refractivity contribution in [2.24, 2.45) is 17.3 Å². The third kappa shape index (κ3) is 6.49. The number of halogens is 3. The molecule has 0 aliphatic heterocycles. The first-order chi connectivity index (χ1) is 16.4. The Kier molecular flexibility index (Phi) is 7.42. The number of nitrogens with zero attached hydrogens (tertiary/aromatic N) is 1. The molecule has 3 aliphatic rings. The van der Waals surface area contributed by atoms with Gasteiger partial charge >= 0.3 is 6.18 Å². The molecule has 1 aromatic rings. The Hall–Kier alpha value is -1.84. The Morgan fingerprint density at radius 2 is 1.77 bits per heavy atom. The average molecular weight is 517 g/mol. The molecule has 0 saturated heterocycles. The van der Waals surface area contributed by atoms with Gasteiger partial charge < -0.3 is 10.1 Å². The molecule has 3 saturated carbocycles. The molecule has 0 spiro atoms. The van der Waals surface area contributed by atoms with E-state index in [1.807, 2.05) is 0 Å².